The molecule has 9 nitrogen and oxygen atoms in total. The van der Waals surface area contributed by atoms with Crippen molar-refractivity contribution in [1.29, 1.82) is 0 Å². The van der Waals surface area contributed by atoms with Crippen molar-refractivity contribution in [3.05, 3.63) is 89.7 Å². The second-order valence-electron chi connectivity index (χ2n) is 9.16. The van der Waals surface area contributed by atoms with Crippen molar-refractivity contribution in [1.82, 2.24) is 4.90 Å². The van der Waals surface area contributed by atoms with E-state index in [4.69, 9.17) is 18.9 Å². The third kappa shape index (κ3) is 11.1. The number of aliphatic carboxylic acids is 1. The average molecular weight is 569 g/mol. The minimum absolute atomic E-state index is 0.252. The molecular weight excluding hydrogens is 531 g/mol. The Morgan fingerprint density at radius 1 is 0.902 bits per heavy atom. The fourth-order valence-electron chi connectivity index (χ4n) is 3.95. The van der Waals surface area contributed by atoms with E-state index in [0.717, 1.165) is 11.1 Å². The molecule has 3 aromatic carbocycles. The Balaban J connectivity index is 1.52. The van der Waals surface area contributed by atoms with Crippen LogP contribution in [0.2, 0.25) is 0 Å². The molecule has 0 radical (unpaired) electrons. The molecule has 0 heterocycles. The Hall–Kier alpha value is -4.15. The van der Waals surface area contributed by atoms with E-state index in [9.17, 15) is 19.1 Å². The van der Waals surface area contributed by atoms with Gasteiger partial charge in [-0.05, 0) is 73.0 Å². The topological polar surface area (TPSA) is 107 Å². The third-order valence-electron chi connectivity index (χ3n) is 6.14. The first kappa shape index (κ1) is 31.4. The Morgan fingerprint density at radius 2 is 1.56 bits per heavy atom. The second kappa shape index (κ2) is 16.8. The number of carboxylic acid groups (broad SMARTS) is 1. The van der Waals surface area contributed by atoms with Crippen LogP contribution in [-0.2, 0) is 27.3 Å². The SMILES string of the molecule is CCOC(Cc1ccc(OCCN(CCCOCc2ccc(F)cc2)C(=O)Nc2ccc(OC)cc2)cc1)C(=O)O. The van der Waals surface area contributed by atoms with Gasteiger partial charge in [-0.1, -0.05) is 24.3 Å². The van der Waals surface area contributed by atoms with E-state index in [1.165, 1.54) is 12.1 Å². The highest BCUT2D eigenvalue weighted by atomic mass is 19.1. The summed E-state index contributed by atoms with van der Waals surface area (Å²) in [6, 6.07) is 20.1. The lowest BCUT2D eigenvalue weighted by Gasteiger charge is -2.23. The minimum Gasteiger partial charge on any atom is -0.497 e. The number of carbonyl (C=O) groups excluding carboxylic acids is 1. The Kier molecular flexibility index (Phi) is 12.9. The van der Waals surface area contributed by atoms with Crippen LogP contribution in [0, 0.1) is 5.82 Å². The van der Waals surface area contributed by atoms with Gasteiger partial charge in [0.25, 0.3) is 0 Å². The van der Waals surface area contributed by atoms with Crippen LogP contribution < -0.4 is 14.8 Å². The maximum atomic E-state index is 13.1. The van der Waals surface area contributed by atoms with Gasteiger partial charge in [-0.15, -0.1) is 0 Å². The highest BCUT2D eigenvalue weighted by Crippen LogP contribution is 2.17. The smallest absolute Gasteiger partial charge is 0.333 e. The number of hydrogen-bond acceptors (Lipinski definition) is 6. The molecule has 2 N–H and O–H groups in total. The summed E-state index contributed by atoms with van der Waals surface area (Å²) in [6.45, 7) is 3.87. The predicted octanol–water partition coefficient (Wildman–Crippen LogP) is 5.39. The molecule has 1 unspecified atom stereocenters. The van der Waals surface area contributed by atoms with Gasteiger partial charge >= 0.3 is 12.0 Å². The lowest BCUT2D eigenvalue weighted by molar-refractivity contribution is -0.149. The van der Waals surface area contributed by atoms with Gasteiger partial charge in [0.05, 0.1) is 20.3 Å². The van der Waals surface area contributed by atoms with Crippen LogP contribution in [-0.4, -0.2) is 68.1 Å². The zero-order valence-electron chi connectivity index (χ0n) is 23.4. The largest absolute Gasteiger partial charge is 0.497 e. The Labute approximate surface area is 239 Å². The Morgan fingerprint density at radius 3 is 2.20 bits per heavy atom. The van der Waals surface area contributed by atoms with Gasteiger partial charge in [-0.25, -0.2) is 14.0 Å². The summed E-state index contributed by atoms with van der Waals surface area (Å²) in [5.41, 5.74) is 2.33. The first-order valence-electron chi connectivity index (χ1n) is 13.5. The van der Waals surface area contributed by atoms with E-state index in [1.54, 1.807) is 79.6 Å². The molecule has 0 saturated heterocycles. The van der Waals surface area contributed by atoms with Crippen LogP contribution in [0.15, 0.2) is 72.8 Å². The van der Waals surface area contributed by atoms with Crippen molar-refractivity contribution in [3.63, 3.8) is 0 Å². The van der Waals surface area contributed by atoms with Crippen LogP contribution >= 0.6 is 0 Å². The number of rotatable bonds is 17. The minimum atomic E-state index is -0.999. The molecule has 0 aliphatic carbocycles. The van der Waals surface area contributed by atoms with Crippen molar-refractivity contribution in [2.24, 2.45) is 0 Å². The van der Waals surface area contributed by atoms with E-state index < -0.39 is 12.1 Å². The summed E-state index contributed by atoms with van der Waals surface area (Å²) >= 11 is 0. The monoisotopic (exact) mass is 568 g/mol. The van der Waals surface area contributed by atoms with Gasteiger partial charge in [-0.2, -0.15) is 0 Å². The molecule has 0 saturated carbocycles. The van der Waals surface area contributed by atoms with Crippen LogP contribution in [0.5, 0.6) is 11.5 Å². The number of carbonyl (C=O) groups is 2. The lowest BCUT2D eigenvalue weighted by atomic mass is 10.1. The molecule has 0 spiro atoms. The van der Waals surface area contributed by atoms with Crippen molar-refractivity contribution >= 4 is 17.7 Å². The number of methoxy groups -OCH3 is 1. The Bertz CT molecular complexity index is 1200. The predicted molar refractivity (Wildman–Crippen MR) is 153 cm³/mol. The maximum absolute atomic E-state index is 13.1. The molecule has 0 aromatic heterocycles. The van der Waals surface area contributed by atoms with Gasteiger partial charge in [0.15, 0.2) is 6.10 Å². The zero-order valence-corrected chi connectivity index (χ0v) is 23.4. The first-order valence-corrected chi connectivity index (χ1v) is 13.5. The van der Waals surface area contributed by atoms with Crippen molar-refractivity contribution in [3.8, 4) is 11.5 Å². The fraction of sp³-hybridized carbons (Fsp3) is 0.355. The van der Waals surface area contributed by atoms with Gasteiger partial charge in [-0.3, -0.25) is 0 Å². The molecule has 3 aromatic rings. The van der Waals surface area contributed by atoms with Gasteiger partial charge < -0.3 is 34.3 Å². The molecule has 2 amide bonds. The number of amides is 2. The van der Waals surface area contributed by atoms with Gasteiger partial charge in [0, 0.05) is 31.9 Å². The fourth-order valence-corrected chi connectivity index (χ4v) is 3.95. The normalized spacial score (nSPS) is 11.5. The van der Waals surface area contributed by atoms with Gasteiger partial charge in [0.1, 0.15) is 23.9 Å². The molecule has 0 bridgehead atoms. The molecule has 0 aliphatic rings. The van der Waals surface area contributed by atoms with Gasteiger partial charge in [0.2, 0.25) is 0 Å². The highest BCUT2D eigenvalue weighted by molar-refractivity contribution is 5.89. The quantitative estimate of drug-likeness (QED) is 0.211. The molecule has 10 heteroatoms. The summed E-state index contributed by atoms with van der Waals surface area (Å²) in [4.78, 5) is 26.1. The van der Waals surface area contributed by atoms with E-state index in [2.05, 4.69) is 5.32 Å². The number of nitrogens with one attached hydrogen (secondary N) is 1. The summed E-state index contributed by atoms with van der Waals surface area (Å²) in [6.07, 6.45) is -0.0492. The van der Waals surface area contributed by atoms with Crippen LogP contribution in [0.1, 0.15) is 24.5 Å². The van der Waals surface area contributed by atoms with Crippen LogP contribution in [0.4, 0.5) is 14.9 Å². The summed E-state index contributed by atoms with van der Waals surface area (Å²) in [5.74, 6) is 0.00370. The number of urea groups is 1. The third-order valence-corrected chi connectivity index (χ3v) is 6.14. The molecular formula is C31H37FN2O7. The zero-order chi connectivity index (χ0) is 29.5. The summed E-state index contributed by atoms with van der Waals surface area (Å²) in [7, 11) is 1.58. The standard InChI is InChI=1S/C31H37FN2O7/c1-3-40-29(30(35)36)21-23-7-13-28(14-8-23)41-20-18-34(31(37)33-26-11-15-27(38-2)16-12-26)17-4-19-39-22-24-5-9-25(32)10-6-24/h5-16,29H,3-4,17-22H2,1-2H3,(H,33,37)(H,35,36). The number of nitrogens with zero attached hydrogens (tertiary/aromatic N) is 1. The number of carboxylic acids is 1. The molecule has 3 rings (SSSR count). The molecule has 41 heavy (non-hydrogen) atoms. The number of halogens is 1. The van der Waals surface area contributed by atoms with E-state index in [0.29, 0.717) is 56.5 Å². The van der Waals surface area contributed by atoms with E-state index in [-0.39, 0.29) is 24.9 Å². The number of anilines is 1. The second-order valence-corrected chi connectivity index (χ2v) is 9.16. The molecule has 0 aliphatic heterocycles. The van der Waals surface area contributed by atoms with E-state index in [1.807, 2.05) is 0 Å². The van der Waals surface area contributed by atoms with E-state index >= 15 is 0 Å². The number of hydrogen-bond donors (Lipinski definition) is 2. The molecule has 0 fully saturated rings. The van der Waals surface area contributed by atoms with Crippen molar-refractivity contribution in [2.75, 3.05) is 45.3 Å². The van der Waals surface area contributed by atoms with Crippen LogP contribution in [0.3, 0.4) is 0 Å². The van der Waals surface area contributed by atoms with Crippen LogP contribution in [0.25, 0.3) is 0 Å². The average Bonchev–Trinajstić information content (AvgIpc) is 2.98. The lowest BCUT2D eigenvalue weighted by Crippen LogP contribution is -2.39. The first-order chi connectivity index (χ1) is 19.9. The molecule has 220 valence electrons. The number of ether oxygens (including phenoxy) is 4. The van der Waals surface area contributed by atoms with Crippen molar-refractivity contribution < 1.29 is 38.0 Å². The molecule has 1 atom stereocenters. The summed E-state index contributed by atoms with van der Waals surface area (Å²) in [5, 5.41) is 12.2. The highest BCUT2D eigenvalue weighted by Gasteiger charge is 2.18. The van der Waals surface area contributed by atoms with Crippen molar-refractivity contribution in [2.45, 2.75) is 32.5 Å². The maximum Gasteiger partial charge on any atom is 0.333 e. The number of benzene rings is 3. The summed E-state index contributed by atoms with van der Waals surface area (Å²) < 4.78 is 35.1.